The minimum atomic E-state index is -0.0294. The summed E-state index contributed by atoms with van der Waals surface area (Å²) in [6.07, 6.45) is 8.36. The maximum absolute atomic E-state index is 6.41. The largest absolute Gasteiger partial charge is 0.497 e. The number of rotatable bonds is 9. The van der Waals surface area contributed by atoms with Crippen molar-refractivity contribution in [2.45, 2.75) is 38.0 Å². The third kappa shape index (κ3) is 6.40. The topological polar surface area (TPSA) is 77.0 Å². The number of methoxy groups -OCH3 is 2. The molecule has 1 aliphatic rings. The molecule has 32 heavy (non-hydrogen) atoms. The first-order valence-electron chi connectivity index (χ1n) is 11.4. The van der Waals surface area contributed by atoms with Gasteiger partial charge >= 0.3 is 0 Å². The number of hydrogen-bond donors (Lipinski definition) is 2. The average molecular weight is 441 g/mol. The molecule has 1 saturated heterocycles. The molecule has 0 unspecified atom stereocenters. The Kier molecular flexibility index (Phi) is 10.4. The molecule has 0 spiro atoms. The summed E-state index contributed by atoms with van der Waals surface area (Å²) in [5, 5.41) is 1.86. The lowest BCUT2D eigenvalue weighted by Gasteiger charge is -2.45. The van der Waals surface area contributed by atoms with Crippen molar-refractivity contribution in [2.75, 3.05) is 45.8 Å². The molecule has 1 fully saturated rings. The van der Waals surface area contributed by atoms with Crippen molar-refractivity contribution in [1.82, 2.24) is 5.01 Å². The summed E-state index contributed by atoms with van der Waals surface area (Å²) in [6, 6.07) is 16.7. The second-order valence-corrected chi connectivity index (χ2v) is 8.02. The summed E-state index contributed by atoms with van der Waals surface area (Å²) in [5.41, 5.74) is 6.92. The Hall–Kier alpha value is -2.70. The van der Waals surface area contributed by atoms with Crippen molar-refractivity contribution in [3.8, 4) is 11.5 Å². The molecule has 1 aliphatic heterocycles. The van der Waals surface area contributed by atoms with Gasteiger partial charge in [-0.25, -0.2) is 5.84 Å². The molecule has 2 aromatic rings. The Balaban J connectivity index is 0.00000176. The van der Waals surface area contributed by atoms with Crippen LogP contribution in [0.25, 0.3) is 0 Å². The average Bonchev–Trinajstić information content (AvgIpc) is 2.86. The third-order valence-electron chi connectivity index (χ3n) is 6.07. The first kappa shape index (κ1) is 25.6. The highest BCUT2D eigenvalue weighted by atomic mass is 16.5. The number of hydrazine groups is 1. The summed E-state index contributed by atoms with van der Waals surface area (Å²) in [7, 11) is 4.96. The fraction of sp³-hybridized carbons (Fsp3) is 0.462. The van der Waals surface area contributed by atoms with Gasteiger partial charge in [0, 0.05) is 31.2 Å². The van der Waals surface area contributed by atoms with E-state index in [1.165, 1.54) is 12.6 Å². The number of nitrogens with two attached hydrogens (primary N) is 2. The first-order chi connectivity index (χ1) is 15.6. The van der Waals surface area contributed by atoms with Crippen LogP contribution in [0.3, 0.4) is 0 Å². The number of piperidine rings is 1. The van der Waals surface area contributed by atoms with Crippen LogP contribution < -0.4 is 25.9 Å². The van der Waals surface area contributed by atoms with Crippen LogP contribution in [0, 0.1) is 0 Å². The summed E-state index contributed by atoms with van der Waals surface area (Å²) in [5.74, 6) is 8.23. The summed E-state index contributed by atoms with van der Waals surface area (Å²) < 4.78 is 11.1. The fourth-order valence-electron chi connectivity index (χ4n) is 4.34. The molecule has 0 saturated carbocycles. The predicted octanol–water partition coefficient (Wildman–Crippen LogP) is 4.31. The van der Waals surface area contributed by atoms with E-state index in [9.17, 15) is 0 Å². The lowest BCUT2D eigenvalue weighted by molar-refractivity contribution is 0.230. The van der Waals surface area contributed by atoms with E-state index < -0.39 is 0 Å². The lowest BCUT2D eigenvalue weighted by Crippen LogP contribution is -2.49. The summed E-state index contributed by atoms with van der Waals surface area (Å²) >= 11 is 0. The molecule has 0 radical (unpaired) electrons. The normalized spacial score (nSPS) is 15.1. The molecule has 6 heteroatoms. The van der Waals surface area contributed by atoms with Crippen LogP contribution in [0.15, 0.2) is 60.8 Å². The number of unbranched alkanes of at least 4 members (excludes halogenated alkanes) is 1. The van der Waals surface area contributed by atoms with Crippen LogP contribution in [0.1, 0.15) is 38.2 Å². The number of benzene rings is 2. The van der Waals surface area contributed by atoms with E-state index in [-0.39, 0.29) is 5.41 Å². The molecular formula is C26H40N4O2. The summed E-state index contributed by atoms with van der Waals surface area (Å²) in [4.78, 5) is 2.42. The van der Waals surface area contributed by atoms with Crippen LogP contribution in [-0.4, -0.2) is 45.9 Å². The van der Waals surface area contributed by atoms with E-state index in [4.69, 9.17) is 15.3 Å². The number of allylic oxidation sites excluding steroid dienone is 1. The summed E-state index contributed by atoms with van der Waals surface area (Å²) in [6.45, 7) is 4.85. The van der Waals surface area contributed by atoms with Gasteiger partial charge in [-0.3, -0.25) is 0 Å². The highest BCUT2D eigenvalue weighted by Crippen LogP contribution is 2.40. The molecule has 0 bridgehead atoms. The van der Waals surface area contributed by atoms with Crippen LogP contribution in [-0.2, 0) is 5.41 Å². The van der Waals surface area contributed by atoms with Crippen LogP contribution in [0.4, 0.5) is 5.69 Å². The van der Waals surface area contributed by atoms with Gasteiger partial charge in [0.15, 0.2) is 0 Å². The highest BCUT2D eigenvalue weighted by Gasteiger charge is 2.38. The zero-order valence-electron chi connectivity index (χ0n) is 20.1. The highest BCUT2D eigenvalue weighted by molar-refractivity contribution is 5.59. The minimum Gasteiger partial charge on any atom is -0.497 e. The zero-order valence-corrected chi connectivity index (χ0v) is 20.1. The minimum absolute atomic E-state index is 0.0294. The van der Waals surface area contributed by atoms with Gasteiger partial charge < -0.3 is 25.1 Å². The zero-order chi connectivity index (χ0) is 23.4. The van der Waals surface area contributed by atoms with Gasteiger partial charge in [0.05, 0.1) is 19.9 Å². The van der Waals surface area contributed by atoms with Gasteiger partial charge in [0.1, 0.15) is 11.5 Å². The number of para-hydroxylation sites is 2. The van der Waals surface area contributed by atoms with Crippen molar-refractivity contribution < 1.29 is 9.47 Å². The number of nitrogens with zero attached hydrogens (tertiary/aromatic N) is 2. The molecule has 176 valence electrons. The van der Waals surface area contributed by atoms with E-state index in [2.05, 4.69) is 54.0 Å². The smallest absolute Gasteiger partial charge is 0.142 e. The molecule has 3 rings (SSSR count). The Morgan fingerprint density at radius 1 is 1.03 bits per heavy atom. The Labute approximate surface area is 193 Å². The van der Waals surface area contributed by atoms with Crippen molar-refractivity contribution in [3.05, 3.63) is 66.4 Å². The molecule has 1 heterocycles. The van der Waals surface area contributed by atoms with Crippen molar-refractivity contribution in [2.24, 2.45) is 11.6 Å². The maximum Gasteiger partial charge on any atom is 0.142 e. The van der Waals surface area contributed by atoms with E-state index in [1.54, 1.807) is 14.2 Å². The van der Waals surface area contributed by atoms with Gasteiger partial charge in [0.25, 0.3) is 0 Å². The molecule has 2 aromatic carbocycles. The van der Waals surface area contributed by atoms with E-state index in [0.29, 0.717) is 0 Å². The third-order valence-corrected chi connectivity index (χ3v) is 6.07. The fourth-order valence-corrected chi connectivity index (χ4v) is 4.34. The molecule has 4 N–H and O–H groups in total. The number of anilines is 1. The SMILES string of the molecule is CCC/C=C/N(N)CC1(c2cccc(OC)c2)CCN(c2ccccc2OC)CC1.CN. The van der Waals surface area contributed by atoms with Crippen molar-refractivity contribution in [3.63, 3.8) is 0 Å². The molecule has 6 nitrogen and oxygen atoms in total. The van der Waals surface area contributed by atoms with Gasteiger partial charge in [-0.05, 0) is 56.1 Å². The van der Waals surface area contributed by atoms with Crippen molar-refractivity contribution in [1.29, 1.82) is 0 Å². The van der Waals surface area contributed by atoms with Gasteiger partial charge in [-0.2, -0.15) is 0 Å². The Bertz CT molecular complexity index is 832. The Morgan fingerprint density at radius 3 is 2.41 bits per heavy atom. The van der Waals surface area contributed by atoms with Crippen LogP contribution in [0.5, 0.6) is 11.5 Å². The quantitative estimate of drug-likeness (QED) is 0.447. The number of ether oxygens (including phenoxy) is 2. The Morgan fingerprint density at radius 2 is 1.75 bits per heavy atom. The van der Waals surface area contributed by atoms with E-state index in [1.807, 2.05) is 29.4 Å². The standard InChI is InChI=1S/C25H35N3O2.CH5N/c1-4-5-8-16-28(26)20-25(21-10-9-11-22(19-21)29-2)14-17-27(18-15-25)23-12-6-7-13-24(23)30-3;1-2/h6-13,16,19H,4-5,14-15,17-18,20,26H2,1-3H3;2H2,1H3/b16-8+;. The molecule has 0 aliphatic carbocycles. The van der Waals surface area contributed by atoms with Gasteiger partial charge in [-0.1, -0.05) is 43.7 Å². The molecule has 0 amide bonds. The predicted molar refractivity (Wildman–Crippen MR) is 134 cm³/mol. The lowest BCUT2D eigenvalue weighted by atomic mass is 9.72. The first-order valence-corrected chi connectivity index (χ1v) is 11.4. The second-order valence-electron chi connectivity index (χ2n) is 8.02. The van der Waals surface area contributed by atoms with Crippen molar-refractivity contribution >= 4 is 5.69 Å². The monoisotopic (exact) mass is 440 g/mol. The molecule has 0 aromatic heterocycles. The van der Waals surface area contributed by atoms with Crippen LogP contribution >= 0.6 is 0 Å². The molecule has 0 atom stereocenters. The van der Waals surface area contributed by atoms with E-state index >= 15 is 0 Å². The van der Waals surface area contributed by atoms with Crippen LogP contribution in [0.2, 0.25) is 0 Å². The van der Waals surface area contributed by atoms with Gasteiger partial charge in [0.2, 0.25) is 0 Å². The maximum atomic E-state index is 6.41. The molecular weight excluding hydrogens is 400 g/mol. The van der Waals surface area contributed by atoms with E-state index in [0.717, 1.165) is 62.5 Å². The number of hydrogen-bond acceptors (Lipinski definition) is 6. The second kappa shape index (κ2) is 13.0. The van der Waals surface area contributed by atoms with Gasteiger partial charge in [-0.15, -0.1) is 0 Å².